The van der Waals surface area contributed by atoms with Crippen LogP contribution in [-0.2, 0) is 6.18 Å². The van der Waals surface area contributed by atoms with Gasteiger partial charge >= 0.3 is 6.18 Å². The summed E-state index contributed by atoms with van der Waals surface area (Å²) in [5, 5.41) is 8.75. The first-order valence-corrected chi connectivity index (χ1v) is 6.11. The number of carbonyl (C=O) groups is 1. The maximum Gasteiger partial charge on any atom is 0.435 e. The van der Waals surface area contributed by atoms with Crippen molar-refractivity contribution in [2.24, 2.45) is 5.73 Å². The normalized spacial score (nSPS) is 11.5. The molecule has 0 aliphatic heterocycles. The molecule has 0 bridgehead atoms. The van der Waals surface area contributed by atoms with Crippen LogP contribution in [0.15, 0.2) is 24.3 Å². The van der Waals surface area contributed by atoms with Gasteiger partial charge in [0.15, 0.2) is 11.4 Å². The molecule has 0 saturated carbocycles. The molecular formula is C12H11F4N5O. The number of hydrogen-bond acceptors (Lipinski definition) is 4. The van der Waals surface area contributed by atoms with Crippen LogP contribution in [0.3, 0.4) is 0 Å². The van der Waals surface area contributed by atoms with E-state index in [1.165, 1.54) is 12.1 Å². The van der Waals surface area contributed by atoms with Gasteiger partial charge in [-0.05, 0) is 18.2 Å². The smallest absolute Gasteiger partial charge is 0.349 e. The maximum absolute atomic E-state index is 13.2. The van der Waals surface area contributed by atoms with Crippen LogP contribution < -0.4 is 11.1 Å². The number of rotatable bonds is 4. The molecule has 0 fully saturated rings. The lowest BCUT2D eigenvalue weighted by Gasteiger charge is -2.11. The Hall–Kier alpha value is -2.49. The van der Waals surface area contributed by atoms with Crippen LogP contribution >= 0.6 is 0 Å². The number of aromatic nitrogens is 3. The highest BCUT2D eigenvalue weighted by Crippen LogP contribution is 2.32. The Kier molecular flexibility index (Phi) is 4.40. The van der Waals surface area contributed by atoms with Crippen molar-refractivity contribution in [1.82, 2.24) is 20.3 Å². The molecule has 0 saturated heterocycles. The van der Waals surface area contributed by atoms with Crippen LogP contribution in [-0.4, -0.2) is 34.0 Å². The molecule has 2 rings (SSSR count). The number of nitrogens with two attached hydrogens (primary N) is 1. The van der Waals surface area contributed by atoms with Gasteiger partial charge in [0.25, 0.3) is 5.91 Å². The summed E-state index contributed by atoms with van der Waals surface area (Å²) >= 11 is 0. The molecule has 1 amide bonds. The molecule has 0 atom stereocenters. The largest absolute Gasteiger partial charge is 0.435 e. The van der Waals surface area contributed by atoms with Crippen LogP contribution in [0, 0.1) is 5.82 Å². The first-order valence-electron chi connectivity index (χ1n) is 6.11. The minimum atomic E-state index is -4.90. The number of nitrogens with one attached hydrogen (secondary N) is 1. The Labute approximate surface area is 121 Å². The Balaban J connectivity index is 2.52. The second-order valence-electron chi connectivity index (χ2n) is 4.22. The summed E-state index contributed by atoms with van der Waals surface area (Å²) in [6, 6.07) is 4.36. The number of alkyl halides is 3. The zero-order valence-electron chi connectivity index (χ0n) is 11.1. The SMILES string of the molecule is NCCNC(=O)c1nnn(-c2cccc(F)c2)c1C(F)(F)F. The zero-order chi connectivity index (χ0) is 16.3. The third-order valence-electron chi connectivity index (χ3n) is 2.64. The molecule has 2 aromatic rings. The highest BCUT2D eigenvalue weighted by atomic mass is 19.4. The van der Waals surface area contributed by atoms with E-state index in [2.05, 4.69) is 15.6 Å². The molecule has 118 valence electrons. The van der Waals surface area contributed by atoms with Crippen LogP contribution in [0.1, 0.15) is 16.2 Å². The quantitative estimate of drug-likeness (QED) is 0.827. The average molecular weight is 317 g/mol. The number of halogens is 4. The predicted octanol–water partition coefficient (Wildman–Crippen LogP) is 1.11. The first-order chi connectivity index (χ1) is 10.3. The number of benzene rings is 1. The molecule has 3 N–H and O–H groups in total. The monoisotopic (exact) mass is 317 g/mol. The molecule has 1 heterocycles. The van der Waals surface area contributed by atoms with Gasteiger partial charge < -0.3 is 11.1 Å². The molecule has 0 unspecified atom stereocenters. The minimum Gasteiger partial charge on any atom is -0.349 e. The summed E-state index contributed by atoms with van der Waals surface area (Å²) in [4.78, 5) is 11.7. The lowest BCUT2D eigenvalue weighted by Crippen LogP contribution is -2.31. The summed E-state index contributed by atoms with van der Waals surface area (Å²) in [6.45, 7) is 0.0497. The summed E-state index contributed by atoms with van der Waals surface area (Å²) in [5.41, 5.74) is 2.70. The Morgan fingerprint density at radius 3 is 2.68 bits per heavy atom. The van der Waals surface area contributed by atoms with Gasteiger partial charge in [-0.25, -0.2) is 9.07 Å². The third kappa shape index (κ3) is 3.22. The van der Waals surface area contributed by atoms with Crippen molar-refractivity contribution in [1.29, 1.82) is 0 Å². The fourth-order valence-electron chi connectivity index (χ4n) is 1.75. The van der Waals surface area contributed by atoms with E-state index in [1.54, 1.807) is 0 Å². The van der Waals surface area contributed by atoms with Gasteiger partial charge in [0, 0.05) is 13.1 Å². The summed E-state index contributed by atoms with van der Waals surface area (Å²) in [5.74, 6) is -1.80. The molecule has 0 spiro atoms. The van der Waals surface area contributed by atoms with Crippen LogP contribution in [0.5, 0.6) is 0 Å². The molecule has 0 aliphatic rings. The van der Waals surface area contributed by atoms with E-state index in [-0.39, 0.29) is 18.8 Å². The number of amides is 1. The molecule has 1 aromatic carbocycles. The third-order valence-corrected chi connectivity index (χ3v) is 2.64. The topological polar surface area (TPSA) is 85.8 Å². The van der Waals surface area contributed by atoms with Crippen molar-refractivity contribution in [2.45, 2.75) is 6.18 Å². The zero-order valence-corrected chi connectivity index (χ0v) is 11.1. The van der Waals surface area contributed by atoms with Gasteiger partial charge in [-0.1, -0.05) is 11.3 Å². The molecule has 10 heteroatoms. The summed E-state index contributed by atoms with van der Waals surface area (Å²) < 4.78 is 53.2. The Morgan fingerprint density at radius 2 is 2.09 bits per heavy atom. The number of hydrogen-bond donors (Lipinski definition) is 2. The minimum absolute atomic E-state index is 0.0110. The molecule has 22 heavy (non-hydrogen) atoms. The van der Waals surface area contributed by atoms with Crippen LogP contribution in [0.25, 0.3) is 5.69 Å². The lowest BCUT2D eigenvalue weighted by atomic mass is 10.2. The van der Waals surface area contributed by atoms with Crippen molar-refractivity contribution >= 4 is 5.91 Å². The van der Waals surface area contributed by atoms with Crippen molar-refractivity contribution in [3.63, 3.8) is 0 Å². The number of carbonyl (C=O) groups excluding carboxylic acids is 1. The van der Waals surface area contributed by atoms with Crippen molar-refractivity contribution in [3.05, 3.63) is 41.5 Å². The standard InChI is InChI=1S/C12H11F4N5O/c13-7-2-1-3-8(6-7)21-10(12(14,15)16)9(19-20-21)11(22)18-5-4-17/h1-3,6H,4-5,17H2,(H,18,22). The molecule has 0 radical (unpaired) electrons. The fourth-order valence-corrected chi connectivity index (χ4v) is 1.75. The fraction of sp³-hybridized carbons (Fsp3) is 0.250. The lowest BCUT2D eigenvalue weighted by molar-refractivity contribution is -0.143. The van der Waals surface area contributed by atoms with E-state index < -0.39 is 29.3 Å². The van der Waals surface area contributed by atoms with Gasteiger partial charge in [-0.15, -0.1) is 5.10 Å². The van der Waals surface area contributed by atoms with Gasteiger partial charge in [0.1, 0.15) is 5.82 Å². The van der Waals surface area contributed by atoms with Gasteiger partial charge in [0.2, 0.25) is 0 Å². The molecule has 6 nitrogen and oxygen atoms in total. The van der Waals surface area contributed by atoms with E-state index >= 15 is 0 Å². The van der Waals surface area contributed by atoms with Crippen LogP contribution in [0.4, 0.5) is 17.6 Å². The average Bonchev–Trinajstić information content (AvgIpc) is 2.89. The molecular weight excluding hydrogens is 306 g/mol. The van der Waals surface area contributed by atoms with E-state index in [9.17, 15) is 22.4 Å². The second-order valence-corrected chi connectivity index (χ2v) is 4.22. The summed E-state index contributed by atoms with van der Waals surface area (Å²) in [7, 11) is 0. The van der Waals surface area contributed by atoms with Crippen molar-refractivity contribution in [2.75, 3.05) is 13.1 Å². The van der Waals surface area contributed by atoms with E-state index in [0.717, 1.165) is 12.1 Å². The van der Waals surface area contributed by atoms with E-state index in [1.807, 2.05) is 0 Å². The Morgan fingerprint density at radius 1 is 1.36 bits per heavy atom. The van der Waals surface area contributed by atoms with Crippen molar-refractivity contribution in [3.8, 4) is 5.69 Å². The molecule has 1 aromatic heterocycles. The highest BCUT2D eigenvalue weighted by Gasteiger charge is 2.41. The number of nitrogens with zero attached hydrogens (tertiary/aromatic N) is 3. The van der Waals surface area contributed by atoms with Crippen molar-refractivity contribution < 1.29 is 22.4 Å². The van der Waals surface area contributed by atoms with E-state index in [4.69, 9.17) is 5.73 Å². The first kappa shape index (κ1) is 15.9. The van der Waals surface area contributed by atoms with Gasteiger partial charge in [0.05, 0.1) is 5.69 Å². The molecule has 0 aliphatic carbocycles. The summed E-state index contributed by atoms with van der Waals surface area (Å²) in [6.07, 6.45) is -4.90. The highest BCUT2D eigenvalue weighted by molar-refractivity contribution is 5.93. The predicted molar refractivity (Wildman–Crippen MR) is 67.7 cm³/mol. The Bertz CT molecular complexity index is 682. The second kappa shape index (κ2) is 6.10. The van der Waals surface area contributed by atoms with E-state index in [0.29, 0.717) is 4.68 Å². The van der Waals surface area contributed by atoms with Gasteiger partial charge in [-0.3, -0.25) is 4.79 Å². The van der Waals surface area contributed by atoms with Gasteiger partial charge in [-0.2, -0.15) is 13.2 Å². The maximum atomic E-state index is 13.2. The van der Waals surface area contributed by atoms with Crippen LogP contribution in [0.2, 0.25) is 0 Å².